The summed E-state index contributed by atoms with van der Waals surface area (Å²) in [7, 11) is 0. The van der Waals surface area contributed by atoms with Crippen molar-refractivity contribution in [2.45, 2.75) is 32.6 Å². The standard InChI is InChI=1S/C12H18BrN/c1-9-4-5-10(11(13)8-9)12(2,3)6-7-14/h4-5,8H,6-7,14H2,1-3H3. The van der Waals surface area contributed by atoms with E-state index < -0.39 is 0 Å². The van der Waals surface area contributed by atoms with Crippen molar-refractivity contribution >= 4 is 15.9 Å². The van der Waals surface area contributed by atoms with Gasteiger partial charge in [-0.05, 0) is 42.5 Å². The predicted molar refractivity (Wildman–Crippen MR) is 65.6 cm³/mol. The number of aryl methyl sites for hydroxylation is 1. The minimum absolute atomic E-state index is 0.154. The summed E-state index contributed by atoms with van der Waals surface area (Å²) in [6.45, 7) is 7.29. The maximum atomic E-state index is 5.62. The molecule has 0 atom stereocenters. The smallest absolute Gasteiger partial charge is 0.0215 e. The summed E-state index contributed by atoms with van der Waals surface area (Å²) >= 11 is 3.61. The van der Waals surface area contributed by atoms with Gasteiger partial charge >= 0.3 is 0 Å². The van der Waals surface area contributed by atoms with Crippen LogP contribution in [0.1, 0.15) is 31.4 Å². The molecule has 1 aromatic rings. The van der Waals surface area contributed by atoms with Crippen LogP contribution in [0.4, 0.5) is 0 Å². The van der Waals surface area contributed by atoms with Crippen LogP contribution in [0.2, 0.25) is 0 Å². The number of rotatable bonds is 3. The van der Waals surface area contributed by atoms with Crippen molar-refractivity contribution in [2.75, 3.05) is 6.54 Å². The van der Waals surface area contributed by atoms with Crippen LogP contribution in [0.15, 0.2) is 22.7 Å². The van der Waals surface area contributed by atoms with Gasteiger partial charge in [-0.25, -0.2) is 0 Å². The summed E-state index contributed by atoms with van der Waals surface area (Å²) in [6.07, 6.45) is 1.01. The second-order valence-electron chi connectivity index (χ2n) is 4.41. The van der Waals surface area contributed by atoms with E-state index in [1.165, 1.54) is 15.6 Å². The Labute approximate surface area is 94.8 Å². The van der Waals surface area contributed by atoms with Crippen molar-refractivity contribution in [2.24, 2.45) is 5.73 Å². The Morgan fingerprint density at radius 2 is 2.00 bits per heavy atom. The molecule has 0 aliphatic rings. The third-order valence-electron chi connectivity index (χ3n) is 2.62. The highest BCUT2D eigenvalue weighted by Gasteiger charge is 2.21. The normalized spacial score (nSPS) is 11.8. The van der Waals surface area contributed by atoms with E-state index in [4.69, 9.17) is 5.73 Å². The average molecular weight is 256 g/mol. The van der Waals surface area contributed by atoms with Gasteiger partial charge in [-0.2, -0.15) is 0 Å². The molecule has 0 aliphatic heterocycles. The lowest BCUT2D eigenvalue weighted by molar-refractivity contribution is 0.485. The molecule has 0 radical (unpaired) electrons. The fraction of sp³-hybridized carbons (Fsp3) is 0.500. The molecular formula is C12H18BrN. The van der Waals surface area contributed by atoms with Crippen LogP contribution in [0.5, 0.6) is 0 Å². The van der Waals surface area contributed by atoms with E-state index in [1.807, 2.05) is 0 Å². The maximum Gasteiger partial charge on any atom is 0.0215 e. The van der Waals surface area contributed by atoms with Gasteiger partial charge in [0.2, 0.25) is 0 Å². The number of benzene rings is 1. The van der Waals surface area contributed by atoms with E-state index in [9.17, 15) is 0 Å². The van der Waals surface area contributed by atoms with Gasteiger partial charge in [-0.1, -0.05) is 41.9 Å². The van der Waals surface area contributed by atoms with E-state index in [1.54, 1.807) is 0 Å². The van der Waals surface area contributed by atoms with Crippen molar-refractivity contribution in [3.63, 3.8) is 0 Å². The van der Waals surface area contributed by atoms with Gasteiger partial charge in [0.15, 0.2) is 0 Å². The van der Waals surface area contributed by atoms with Crippen LogP contribution in [0.25, 0.3) is 0 Å². The molecule has 0 fully saturated rings. The average Bonchev–Trinajstić information content (AvgIpc) is 2.02. The number of halogens is 1. The van der Waals surface area contributed by atoms with E-state index in [0.717, 1.165) is 13.0 Å². The van der Waals surface area contributed by atoms with Crippen LogP contribution < -0.4 is 5.73 Å². The van der Waals surface area contributed by atoms with Gasteiger partial charge in [0.05, 0.1) is 0 Å². The third-order valence-corrected chi connectivity index (χ3v) is 3.28. The summed E-state index contributed by atoms with van der Waals surface area (Å²) in [5, 5.41) is 0. The van der Waals surface area contributed by atoms with Crippen molar-refractivity contribution in [3.8, 4) is 0 Å². The van der Waals surface area contributed by atoms with Crippen molar-refractivity contribution in [1.29, 1.82) is 0 Å². The van der Waals surface area contributed by atoms with Gasteiger partial charge in [0.25, 0.3) is 0 Å². The fourth-order valence-electron chi connectivity index (χ4n) is 1.66. The Kier molecular flexibility index (Phi) is 3.73. The molecule has 0 spiro atoms. The fourth-order valence-corrected chi connectivity index (χ4v) is 2.69. The highest BCUT2D eigenvalue weighted by atomic mass is 79.9. The Bertz CT molecular complexity index is 318. The minimum Gasteiger partial charge on any atom is -0.330 e. The Morgan fingerprint density at radius 1 is 1.36 bits per heavy atom. The molecule has 14 heavy (non-hydrogen) atoms. The highest BCUT2D eigenvalue weighted by Crippen LogP contribution is 2.32. The molecule has 0 bridgehead atoms. The summed E-state index contributed by atoms with van der Waals surface area (Å²) in [5.74, 6) is 0. The van der Waals surface area contributed by atoms with E-state index >= 15 is 0 Å². The molecule has 0 aliphatic carbocycles. The van der Waals surface area contributed by atoms with Gasteiger partial charge < -0.3 is 5.73 Å². The predicted octanol–water partition coefficient (Wildman–Crippen LogP) is 3.38. The molecule has 0 saturated carbocycles. The maximum absolute atomic E-state index is 5.62. The second-order valence-corrected chi connectivity index (χ2v) is 5.26. The topological polar surface area (TPSA) is 26.0 Å². The first-order valence-electron chi connectivity index (χ1n) is 4.94. The van der Waals surface area contributed by atoms with Crippen LogP contribution in [-0.2, 0) is 5.41 Å². The molecule has 1 rings (SSSR count). The van der Waals surface area contributed by atoms with Crippen LogP contribution in [-0.4, -0.2) is 6.54 Å². The molecule has 78 valence electrons. The zero-order valence-corrected chi connectivity index (χ0v) is 10.7. The van der Waals surface area contributed by atoms with Gasteiger partial charge in [0, 0.05) is 4.47 Å². The van der Waals surface area contributed by atoms with Crippen LogP contribution in [0.3, 0.4) is 0 Å². The lowest BCUT2D eigenvalue weighted by Crippen LogP contribution is -2.22. The largest absolute Gasteiger partial charge is 0.330 e. The molecule has 0 amide bonds. The molecule has 1 nitrogen and oxygen atoms in total. The Balaban J connectivity index is 3.06. The zero-order chi connectivity index (χ0) is 10.8. The summed E-state index contributed by atoms with van der Waals surface area (Å²) < 4.78 is 1.19. The van der Waals surface area contributed by atoms with Crippen LogP contribution >= 0.6 is 15.9 Å². The third kappa shape index (κ3) is 2.58. The minimum atomic E-state index is 0.154. The molecule has 0 saturated heterocycles. The SMILES string of the molecule is Cc1ccc(C(C)(C)CCN)c(Br)c1. The van der Waals surface area contributed by atoms with Gasteiger partial charge in [-0.3, -0.25) is 0 Å². The number of hydrogen-bond donors (Lipinski definition) is 1. The summed E-state index contributed by atoms with van der Waals surface area (Å²) in [6, 6.07) is 6.50. The quantitative estimate of drug-likeness (QED) is 0.881. The first-order valence-corrected chi connectivity index (χ1v) is 5.73. The number of hydrogen-bond acceptors (Lipinski definition) is 1. The molecule has 0 unspecified atom stereocenters. The Morgan fingerprint density at radius 3 is 2.50 bits per heavy atom. The number of nitrogens with two attached hydrogens (primary N) is 1. The first-order chi connectivity index (χ1) is 6.47. The van der Waals surface area contributed by atoms with Crippen molar-refractivity contribution < 1.29 is 0 Å². The molecule has 0 aromatic heterocycles. The lowest BCUT2D eigenvalue weighted by Gasteiger charge is -2.26. The zero-order valence-electron chi connectivity index (χ0n) is 9.10. The van der Waals surface area contributed by atoms with E-state index in [-0.39, 0.29) is 5.41 Å². The molecule has 0 heterocycles. The summed E-state index contributed by atoms with van der Waals surface area (Å²) in [4.78, 5) is 0. The molecular weight excluding hydrogens is 238 g/mol. The highest BCUT2D eigenvalue weighted by molar-refractivity contribution is 9.10. The first kappa shape index (κ1) is 11.7. The molecule has 2 N–H and O–H groups in total. The van der Waals surface area contributed by atoms with Crippen molar-refractivity contribution in [3.05, 3.63) is 33.8 Å². The second kappa shape index (κ2) is 4.45. The van der Waals surface area contributed by atoms with E-state index in [2.05, 4.69) is 54.9 Å². The van der Waals surface area contributed by atoms with Gasteiger partial charge in [0.1, 0.15) is 0 Å². The molecule has 1 aromatic carbocycles. The van der Waals surface area contributed by atoms with Gasteiger partial charge in [-0.15, -0.1) is 0 Å². The van der Waals surface area contributed by atoms with Crippen LogP contribution in [0, 0.1) is 6.92 Å². The monoisotopic (exact) mass is 255 g/mol. The van der Waals surface area contributed by atoms with Crippen molar-refractivity contribution in [1.82, 2.24) is 0 Å². The Hall–Kier alpha value is -0.340. The summed E-state index contributed by atoms with van der Waals surface area (Å²) in [5.41, 5.74) is 8.39. The van der Waals surface area contributed by atoms with E-state index in [0.29, 0.717) is 0 Å². The molecule has 2 heteroatoms. The lowest BCUT2D eigenvalue weighted by atomic mass is 9.81.